The number of nitrogens with zero attached hydrogens (tertiary/aromatic N) is 1. The van der Waals surface area contributed by atoms with Gasteiger partial charge in [0.25, 0.3) is 10.1 Å². The highest BCUT2D eigenvalue weighted by Gasteiger charge is 2.33. The van der Waals surface area contributed by atoms with Gasteiger partial charge in [-0.15, -0.1) is 0 Å². The van der Waals surface area contributed by atoms with Gasteiger partial charge in [0.1, 0.15) is 16.4 Å². The van der Waals surface area contributed by atoms with Crippen LogP contribution in [-0.4, -0.2) is 26.1 Å². The van der Waals surface area contributed by atoms with Crippen molar-refractivity contribution >= 4 is 27.5 Å². The minimum atomic E-state index is -4.41. The van der Waals surface area contributed by atoms with Gasteiger partial charge in [0, 0.05) is 46.3 Å². The van der Waals surface area contributed by atoms with E-state index in [0.29, 0.717) is 11.3 Å². The molecule has 0 unspecified atom stereocenters. The summed E-state index contributed by atoms with van der Waals surface area (Å²) in [7, 11) is -4.41. The third-order valence-electron chi connectivity index (χ3n) is 7.00. The Balaban J connectivity index is 1.76. The zero-order valence-electron chi connectivity index (χ0n) is 18.5. The average molecular weight is 460 g/mol. The van der Waals surface area contributed by atoms with E-state index in [-0.39, 0.29) is 4.90 Å². The second-order valence-electron chi connectivity index (χ2n) is 8.93. The fraction of sp³-hybridized carbons (Fsp3) is 0.259. The van der Waals surface area contributed by atoms with Gasteiger partial charge in [-0.05, 0) is 67.7 Å². The summed E-state index contributed by atoms with van der Waals surface area (Å²) in [5.74, 6) is 1.53. The van der Waals surface area contributed by atoms with E-state index < -0.39 is 10.1 Å². The maximum Gasteiger partial charge on any atom is 0.295 e. The van der Waals surface area contributed by atoms with E-state index in [9.17, 15) is 13.0 Å². The number of anilines is 1. The lowest BCUT2D eigenvalue weighted by molar-refractivity contribution is 0.460. The van der Waals surface area contributed by atoms with Gasteiger partial charge in [-0.3, -0.25) is 4.55 Å². The van der Waals surface area contributed by atoms with Crippen LogP contribution in [0.15, 0.2) is 53.4 Å². The van der Waals surface area contributed by atoms with Crippen LogP contribution >= 0.6 is 0 Å². The van der Waals surface area contributed by atoms with Crippen molar-refractivity contribution in [3.8, 4) is 11.5 Å². The first kappa shape index (κ1) is 20.5. The molecule has 6 heteroatoms. The van der Waals surface area contributed by atoms with Gasteiger partial charge in [0.05, 0.1) is 0 Å². The molecule has 3 aromatic carbocycles. The highest BCUT2D eigenvalue weighted by atomic mass is 32.2. The molecule has 0 bridgehead atoms. The minimum Gasteiger partial charge on any atom is -0.456 e. The molecule has 0 aromatic heterocycles. The Morgan fingerprint density at radius 3 is 2.58 bits per heavy atom. The second-order valence-corrected chi connectivity index (χ2v) is 10.3. The smallest absolute Gasteiger partial charge is 0.295 e. The number of aryl methyl sites for hydroxylation is 1. The summed E-state index contributed by atoms with van der Waals surface area (Å²) >= 11 is 0. The molecule has 3 aliphatic heterocycles. The maximum atomic E-state index is 12.3. The molecule has 5 nitrogen and oxygen atoms in total. The monoisotopic (exact) mass is 459 g/mol. The zero-order valence-corrected chi connectivity index (χ0v) is 19.3. The van der Waals surface area contributed by atoms with Crippen molar-refractivity contribution < 1.29 is 17.7 Å². The predicted molar refractivity (Wildman–Crippen MR) is 129 cm³/mol. The van der Waals surface area contributed by atoms with E-state index in [2.05, 4.69) is 11.0 Å². The summed E-state index contributed by atoms with van der Waals surface area (Å²) in [5.41, 5.74) is 6.01. The van der Waals surface area contributed by atoms with E-state index in [1.54, 1.807) is 12.1 Å². The third-order valence-corrected chi connectivity index (χ3v) is 7.91. The highest BCUT2D eigenvalue weighted by Crippen LogP contribution is 2.48. The Labute approximate surface area is 193 Å². The summed E-state index contributed by atoms with van der Waals surface area (Å²) in [6.07, 6.45) is 6.12. The minimum absolute atomic E-state index is 0.0853. The van der Waals surface area contributed by atoms with Crippen molar-refractivity contribution in [2.45, 2.75) is 37.5 Å². The summed E-state index contributed by atoms with van der Waals surface area (Å²) in [4.78, 5) is 2.39. The number of ether oxygens (including phenoxy) is 1. The van der Waals surface area contributed by atoms with Crippen molar-refractivity contribution in [1.29, 1.82) is 0 Å². The number of hydrogen-bond acceptors (Lipinski definition) is 4. The molecule has 3 heterocycles. The molecule has 168 valence electrons. The SMILES string of the molecule is C/C=c1\ccc2c(c1)Oc1c(cc3c4c1CCCN4CCC3)C=2c1ccccc1S(=O)(=O)O. The van der Waals surface area contributed by atoms with Gasteiger partial charge in [-0.1, -0.05) is 30.3 Å². The average Bonchev–Trinajstić information content (AvgIpc) is 2.82. The van der Waals surface area contributed by atoms with Gasteiger partial charge < -0.3 is 9.64 Å². The molecule has 0 aliphatic carbocycles. The van der Waals surface area contributed by atoms with Crippen LogP contribution in [0.25, 0.3) is 11.6 Å². The molecule has 0 radical (unpaired) electrons. The van der Waals surface area contributed by atoms with E-state index in [0.717, 1.165) is 66.1 Å². The third kappa shape index (κ3) is 3.20. The fourth-order valence-electron chi connectivity index (χ4n) is 5.59. The molecule has 33 heavy (non-hydrogen) atoms. The maximum absolute atomic E-state index is 12.3. The number of fused-ring (bicyclic) bond motifs is 3. The van der Waals surface area contributed by atoms with Crippen LogP contribution in [0.3, 0.4) is 0 Å². The molecule has 0 fully saturated rings. The number of benzene rings is 3. The van der Waals surface area contributed by atoms with E-state index >= 15 is 0 Å². The Kier molecular flexibility index (Phi) is 4.64. The number of rotatable bonds is 2. The van der Waals surface area contributed by atoms with Crippen molar-refractivity contribution in [1.82, 2.24) is 0 Å². The molecule has 0 spiro atoms. The van der Waals surface area contributed by atoms with Gasteiger partial charge >= 0.3 is 0 Å². The Morgan fingerprint density at radius 2 is 1.79 bits per heavy atom. The van der Waals surface area contributed by atoms with Crippen LogP contribution < -0.4 is 20.1 Å². The Morgan fingerprint density at radius 1 is 1.00 bits per heavy atom. The topological polar surface area (TPSA) is 66.8 Å². The van der Waals surface area contributed by atoms with Crippen LogP contribution in [0.5, 0.6) is 11.5 Å². The molecule has 0 atom stereocenters. The quantitative estimate of drug-likeness (QED) is 0.462. The van der Waals surface area contributed by atoms with Crippen LogP contribution in [0.4, 0.5) is 5.69 Å². The molecular formula is C27H25NO4S. The molecule has 0 saturated carbocycles. The van der Waals surface area contributed by atoms with Gasteiger partial charge in [-0.25, -0.2) is 0 Å². The van der Waals surface area contributed by atoms with E-state index in [1.807, 2.05) is 37.3 Å². The number of hydrogen-bond donors (Lipinski definition) is 1. The molecule has 3 aromatic rings. The van der Waals surface area contributed by atoms with Crippen molar-refractivity contribution in [2.75, 3.05) is 18.0 Å². The Bertz CT molecular complexity index is 1540. The first-order valence-corrected chi connectivity index (χ1v) is 12.9. The van der Waals surface area contributed by atoms with E-state index in [1.165, 1.54) is 22.9 Å². The van der Waals surface area contributed by atoms with Gasteiger partial charge in [0.15, 0.2) is 0 Å². The van der Waals surface area contributed by atoms with Gasteiger partial charge in [0.2, 0.25) is 0 Å². The van der Waals surface area contributed by atoms with Crippen LogP contribution in [0.1, 0.15) is 42.0 Å². The lowest BCUT2D eigenvalue weighted by Crippen LogP contribution is -2.35. The summed E-state index contributed by atoms with van der Waals surface area (Å²) in [6, 6.07) is 14.9. The van der Waals surface area contributed by atoms with Crippen LogP contribution in [0.2, 0.25) is 0 Å². The lowest BCUT2D eigenvalue weighted by atomic mass is 9.84. The predicted octanol–water partition coefficient (Wildman–Crippen LogP) is 3.79. The molecule has 1 N–H and O–H groups in total. The second kappa shape index (κ2) is 7.47. The van der Waals surface area contributed by atoms with E-state index in [4.69, 9.17) is 4.74 Å². The normalized spacial score (nSPS) is 17.2. The van der Waals surface area contributed by atoms with Crippen molar-refractivity contribution in [2.24, 2.45) is 0 Å². The van der Waals surface area contributed by atoms with Crippen molar-refractivity contribution in [3.05, 3.63) is 81.2 Å². The summed E-state index contributed by atoms with van der Waals surface area (Å²) < 4.78 is 41.3. The fourth-order valence-corrected chi connectivity index (χ4v) is 6.28. The van der Waals surface area contributed by atoms with Crippen LogP contribution in [0, 0.1) is 0 Å². The first-order valence-electron chi connectivity index (χ1n) is 11.5. The molecule has 0 saturated heterocycles. The molecule has 0 amide bonds. The van der Waals surface area contributed by atoms with Crippen LogP contribution in [-0.2, 0) is 23.0 Å². The summed E-state index contributed by atoms with van der Waals surface area (Å²) in [6.45, 7) is 4.10. The zero-order chi connectivity index (χ0) is 22.7. The molecular weight excluding hydrogens is 434 g/mol. The lowest BCUT2D eigenvalue weighted by Gasteiger charge is -2.39. The standard InChI is InChI=1S/C27H25NO4S/c1-2-17-11-12-19-23(15-17)32-27-21-9-6-14-28-13-5-7-18(26(21)28)16-22(27)25(19)20-8-3-4-10-24(20)33(29,30)31/h2-4,8,10-12,15-16H,5-7,9,13-14H2,1H3,(H,29,30,31)/b17-2+. The van der Waals surface area contributed by atoms with Gasteiger partial charge in [-0.2, -0.15) is 8.42 Å². The molecule has 3 aliphatic rings. The highest BCUT2D eigenvalue weighted by molar-refractivity contribution is 7.86. The summed E-state index contributed by atoms with van der Waals surface area (Å²) in [5, 5.41) is 1.87. The molecule has 6 rings (SSSR count). The first-order chi connectivity index (χ1) is 16.0. The van der Waals surface area contributed by atoms with Crippen molar-refractivity contribution in [3.63, 3.8) is 0 Å². The largest absolute Gasteiger partial charge is 0.456 e. The Hall–Kier alpha value is -3.09.